The van der Waals surface area contributed by atoms with Crippen molar-refractivity contribution in [3.63, 3.8) is 0 Å². The van der Waals surface area contributed by atoms with Crippen LogP contribution in [0.15, 0.2) is 24.3 Å². The van der Waals surface area contributed by atoms with Crippen LogP contribution in [0.2, 0.25) is 0 Å². The third kappa shape index (κ3) is 2.64. The van der Waals surface area contributed by atoms with Crippen molar-refractivity contribution in [1.29, 1.82) is 5.41 Å². The van der Waals surface area contributed by atoms with Crippen LogP contribution in [0.3, 0.4) is 0 Å². The Bertz CT molecular complexity index is 423. The van der Waals surface area contributed by atoms with Gasteiger partial charge in [-0.05, 0) is 18.1 Å². The highest BCUT2D eigenvalue weighted by Crippen LogP contribution is 2.01. The van der Waals surface area contributed by atoms with Crippen molar-refractivity contribution in [2.24, 2.45) is 11.5 Å². The number of primary amides is 1. The van der Waals surface area contributed by atoms with Crippen LogP contribution in [0, 0.1) is 17.3 Å². The molecule has 4 nitrogen and oxygen atoms in total. The molecule has 0 fully saturated rings. The van der Waals surface area contributed by atoms with Crippen molar-refractivity contribution in [3.8, 4) is 11.8 Å². The second kappa shape index (κ2) is 4.10. The minimum absolute atomic E-state index is 0.000546. The summed E-state index contributed by atoms with van der Waals surface area (Å²) in [6.07, 6.45) is 0. The molecule has 0 heterocycles. The molecule has 0 radical (unpaired) electrons. The van der Waals surface area contributed by atoms with Crippen molar-refractivity contribution < 1.29 is 4.79 Å². The molecule has 1 amide bonds. The third-order valence-electron chi connectivity index (χ3n) is 1.53. The summed E-state index contributed by atoms with van der Waals surface area (Å²) in [6, 6.07) is 6.67. The number of hydrogen-bond donors (Lipinski definition) is 3. The Morgan fingerprint density at radius 2 is 1.79 bits per heavy atom. The second-order valence-corrected chi connectivity index (χ2v) is 2.61. The molecule has 0 atom stereocenters. The van der Waals surface area contributed by atoms with Crippen molar-refractivity contribution in [3.05, 3.63) is 35.4 Å². The van der Waals surface area contributed by atoms with Gasteiger partial charge in [-0.1, -0.05) is 18.1 Å². The number of hydrogen-bond acceptors (Lipinski definition) is 2. The largest absolute Gasteiger partial charge is 0.384 e. The Hall–Kier alpha value is -2.28. The average Bonchev–Trinajstić information content (AvgIpc) is 2.15. The molecule has 0 bridgehead atoms. The normalized spacial score (nSPS) is 8.57. The van der Waals surface area contributed by atoms with Crippen LogP contribution in [-0.2, 0) is 4.79 Å². The first-order chi connectivity index (χ1) is 6.59. The monoisotopic (exact) mass is 187 g/mol. The van der Waals surface area contributed by atoms with Gasteiger partial charge in [-0.3, -0.25) is 10.2 Å². The first kappa shape index (κ1) is 9.81. The van der Waals surface area contributed by atoms with Crippen LogP contribution in [0.25, 0.3) is 0 Å². The van der Waals surface area contributed by atoms with Crippen LogP contribution >= 0.6 is 0 Å². The number of amidine groups is 1. The van der Waals surface area contributed by atoms with E-state index in [4.69, 9.17) is 16.9 Å². The standard InChI is InChI=1S/C10H9N3O/c11-9(14)6-3-7-1-4-8(5-2-7)10(12)13/h1-2,4-5H,(H2,11,14)(H3,12,13). The first-order valence-electron chi connectivity index (χ1n) is 3.85. The zero-order chi connectivity index (χ0) is 10.6. The quantitative estimate of drug-likeness (QED) is 0.323. The number of amides is 1. The minimum Gasteiger partial charge on any atom is -0.384 e. The lowest BCUT2D eigenvalue weighted by Crippen LogP contribution is -2.10. The summed E-state index contributed by atoms with van der Waals surface area (Å²) in [6.45, 7) is 0. The van der Waals surface area contributed by atoms with Gasteiger partial charge in [0.05, 0.1) is 0 Å². The van der Waals surface area contributed by atoms with E-state index in [1.54, 1.807) is 24.3 Å². The average molecular weight is 187 g/mol. The van der Waals surface area contributed by atoms with E-state index in [0.717, 1.165) is 0 Å². The molecule has 4 heteroatoms. The lowest BCUT2D eigenvalue weighted by Gasteiger charge is -1.96. The Morgan fingerprint density at radius 1 is 1.21 bits per heavy atom. The highest BCUT2D eigenvalue weighted by Gasteiger charge is 1.94. The Balaban J connectivity index is 2.91. The molecule has 70 valence electrons. The summed E-state index contributed by atoms with van der Waals surface area (Å²) in [5.41, 5.74) is 11.4. The molecular weight excluding hydrogens is 178 g/mol. The molecule has 0 saturated heterocycles. The molecule has 0 aliphatic heterocycles. The molecule has 5 N–H and O–H groups in total. The third-order valence-corrected chi connectivity index (χ3v) is 1.53. The SMILES string of the molecule is N=C(N)c1ccc(C#CC(N)=O)cc1. The van der Waals surface area contributed by atoms with Gasteiger partial charge < -0.3 is 11.5 Å². The highest BCUT2D eigenvalue weighted by molar-refractivity contribution is 5.95. The fourth-order valence-electron chi connectivity index (χ4n) is 0.867. The number of nitrogens with one attached hydrogen (secondary N) is 1. The maximum absolute atomic E-state index is 10.3. The fraction of sp³-hybridized carbons (Fsp3) is 0. The van der Waals surface area contributed by atoms with Crippen LogP contribution in [0.4, 0.5) is 0 Å². The van der Waals surface area contributed by atoms with Gasteiger partial charge in [0.25, 0.3) is 5.91 Å². The van der Waals surface area contributed by atoms with E-state index in [-0.39, 0.29) is 5.84 Å². The summed E-state index contributed by atoms with van der Waals surface area (Å²) in [5, 5.41) is 7.14. The van der Waals surface area contributed by atoms with Crippen molar-refractivity contribution >= 4 is 11.7 Å². The zero-order valence-electron chi connectivity index (χ0n) is 7.37. The predicted octanol–water partition coefficient (Wildman–Crippen LogP) is -0.193. The van der Waals surface area contributed by atoms with Gasteiger partial charge in [-0.25, -0.2) is 0 Å². The Morgan fingerprint density at radius 3 is 2.21 bits per heavy atom. The van der Waals surface area contributed by atoms with Gasteiger partial charge in [0.2, 0.25) is 0 Å². The van der Waals surface area contributed by atoms with Crippen LogP contribution in [0.5, 0.6) is 0 Å². The molecule has 0 aliphatic rings. The van der Waals surface area contributed by atoms with Gasteiger partial charge in [-0.2, -0.15) is 0 Å². The molecule has 0 unspecified atom stereocenters. The van der Waals surface area contributed by atoms with E-state index in [0.29, 0.717) is 11.1 Å². The molecule has 0 saturated carbocycles. The lowest BCUT2D eigenvalue weighted by atomic mass is 10.1. The molecule has 0 spiro atoms. The summed E-state index contributed by atoms with van der Waals surface area (Å²) in [7, 11) is 0. The number of benzene rings is 1. The van der Waals surface area contributed by atoms with Gasteiger partial charge in [0.15, 0.2) is 0 Å². The summed E-state index contributed by atoms with van der Waals surface area (Å²) >= 11 is 0. The topological polar surface area (TPSA) is 93.0 Å². The lowest BCUT2D eigenvalue weighted by molar-refractivity contribution is -0.112. The summed E-state index contributed by atoms with van der Waals surface area (Å²) in [4.78, 5) is 10.3. The van der Waals surface area contributed by atoms with Crippen LogP contribution in [-0.4, -0.2) is 11.7 Å². The maximum atomic E-state index is 10.3. The van der Waals surface area contributed by atoms with E-state index in [1.165, 1.54) is 0 Å². The van der Waals surface area contributed by atoms with E-state index >= 15 is 0 Å². The summed E-state index contributed by atoms with van der Waals surface area (Å²) in [5.74, 6) is 4.12. The van der Waals surface area contributed by atoms with Crippen LogP contribution in [0.1, 0.15) is 11.1 Å². The maximum Gasteiger partial charge on any atom is 0.293 e. The molecular formula is C10H9N3O. The smallest absolute Gasteiger partial charge is 0.293 e. The Kier molecular flexibility index (Phi) is 2.87. The van der Waals surface area contributed by atoms with Gasteiger partial charge >= 0.3 is 0 Å². The molecule has 1 rings (SSSR count). The first-order valence-corrected chi connectivity index (χ1v) is 3.85. The second-order valence-electron chi connectivity index (χ2n) is 2.61. The molecule has 1 aromatic carbocycles. The van der Waals surface area contributed by atoms with Crippen molar-refractivity contribution in [2.75, 3.05) is 0 Å². The fourth-order valence-corrected chi connectivity index (χ4v) is 0.867. The van der Waals surface area contributed by atoms with E-state index in [9.17, 15) is 4.79 Å². The highest BCUT2D eigenvalue weighted by atomic mass is 16.1. The van der Waals surface area contributed by atoms with Crippen LogP contribution < -0.4 is 11.5 Å². The zero-order valence-corrected chi connectivity index (χ0v) is 7.37. The number of nitrogen functional groups attached to an aromatic ring is 1. The minimum atomic E-state index is -0.666. The summed E-state index contributed by atoms with van der Waals surface area (Å²) < 4.78 is 0. The number of rotatable bonds is 1. The number of carbonyl (C=O) groups excluding carboxylic acids is 1. The molecule has 14 heavy (non-hydrogen) atoms. The van der Waals surface area contributed by atoms with E-state index < -0.39 is 5.91 Å². The van der Waals surface area contributed by atoms with Gasteiger partial charge in [0, 0.05) is 11.1 Å². The molecule has 0 aliphatic carbocycles. The Labute approximate surface area is 81.4 Å². The van der Waals surface area contributed by atoms with E-state index in [1.807, 2.05) is 0 Å². The molecule has 1 aromatic rings. The number of nitrogens with two attached hydrogens (primary N) is 2. The van der Waals surface area contributed by atoms with Gasteiger partial charge in [0.1, 0.15) is 5.84 Å². The molecule has 0 aromatic heterocycles. The predicted molar refractivity (Wildman–Crippen MR) is 53.5 cm³/mol. The number of carbonyl (C=O) groups is 1. The van der Waals surface area contributed by atoms with Gasteiger partial charge in [-0.15, -0.1) is 0 Å². The van der Waals surface area contributed by atoms with E-state index in [2.05, 4.69) is 11.8 Å². The van der Waals surface area contributed by atoms with Crippen molar-refractivity contribution in [1.82, 2.24) is 0 Å². The van der Waals surface area contributed by atoms with Crippen molar-refractivity contribution in [2.45, 2.75) is 0 Å².